The van der Waals surface area contributed by atoms with Gasteiger partial charge in [-0.1, -0.05) is 24.8 Å². The fraction of sp³-hybridized carbons (Fsp3) is 0.286. The molecule has 35 heavy (non-hydrogen) atoms. The largest absolute Gasteiger partial charge is 0.497 e. The van der Waals surface area contributed by atoms with Crippen LogP contribution in [0.4, 0.5) is 0 Å². The zero-order valence-corrected chi connectivity index (χ0v) is 20.5. The monoisotopic (exact) mass is 489 g/mol. The molecule has 0 radical (unpaired) electrons. The van der Waals surface area contributed by atoms with Crippen LogP contribution in [-0.4, -0.2) is 18.9 Å². The maximum atomic E-state index is 13.5. The molecule has 6 nitrogen and oxygen atoms in total. The molecule has 2 aliphatic rings. The lowest BCUT2D eigenvalue weighted by atomic mass is 9.71. The summed E-state index contributed by atoms with van der Waals surface area (Å²) in [6, 6.07) is 15.1. The quantitative estimate of drug-likeness (QED) is 0.453. The van der Waals surface area contributed by atoms with Gasteiger partial charge in [0.15, 0.2) is 5.78 Å². The first-order valence-electron chi connectivity index (χ1n) is 11.6. The third kappa shape index (κ3) is 4.56. The van der Waals surface area contributed by atoms with Crippen LogP contribution in [0.3, 0.4) is 0 Å². The smallest absolute Gasteiger partial charge is 0.316 e. The Labute approximate surface area is 208 Å². The van der Waals surface area contributed by atoms with Crippen LogP contribution in [0.2, 0.25) is 0 Å². The third-order valence-corrected chi connectivity index (χ3v) is 7.68. The highest BCUT2D eigenvalue weighted by atomic mass is 32.1. The average Bonchev–Trinajstić information content (AvgIpc) is 3.54. The molecule has 3 heterocycles. The molecular formula is C28H27NO5S. The molecule has 2 aromatic heterocycles. The topological polar surface area (TPSA) is 77.8 Å². The van der Waals surface area contributed by atoms with Crippen molar-refractivity contribution in [1.82, 2.24) is 5.32 Å². The highest BCUT2D eigenvalue weighted by Gasteiger charge is 2.47. The van der Waals surface area contributed by atoms with E-state index >= 15 is 0 Å². The average molecular weight is 490 g/mol. The summed E-state index contributed by atoms with van der Waals surface area (Å²) < 4.78 is 16.9. The van der Waals surface area contributed by atoms with Crippen LogP contribution in [0.15, 0.2) is 81.9 Å². The summed E-state index contributed by atoms with van der Waals surface area (Å²) in [6.45, 7) is 6.12. The lowest BCUT2D eigenvalue weighted by Crippen LogP contribution is -2.42. The molecule has 1 N–H and O–H groups in total. The number of thiophene rings is 1. The van der Waals surface area contributed by atoms with Crippen LogP contribution in [-0.2, 0) is 20.9 Å². The van der Waals surface area contributed by atoms with Crippen LogP contribution >= 0.6 is 11.3 Å². The maximum Gasteiger partial charge on any atom is 0.316 e. The molecule has 0 saturated carbocycles. The number of esters is 1. The number of methoxy groups -OCH3 is 1. The molecule has 0 spiro atoms. The van der Waals surface area contributed by atoms with Crippen molar-refractivity contribution in [3.8, 4) is 5.75 Å². The van der Waals surface area contributed by atoms with Gasteiger partial charge in [-0.15, -0.1) is 11.3 Å². The van der Waals surface area contributed by atoms with Gasteiger partial charge in [0.25, 0.3) is 0 Å². The van der Waals surface area contributed by atoms with Gasteiger partial charge in [-0.05, 0) is 54.6 Å². The standard InChI is InChI=1S/C28H27NO5S/c1-16-6-11-23(34-16)27-25(28(31)33-15-18-7-9-20(32-3)10-8-18)17(2)29-21-13-19(14-22(30)26(21)27)24-5-4-12-35-24/h4-12,19,25,27,29H,2,13-15H2,1,3H3. The Balaban J connectivity index is 1.45. The lowest BCUT2D eigenvalue weighted by Gasteiger charge is -2.38. The summed E-state index contributed by atoms with van der Waals surface area (Å²) in [5.41, 5.74) is 2.78. The van der Waals surface area contributed by atoms with E-state index in [1.54, 1.807) is 18.4 Å². The number of Topliss-reactive ketones (excluding diaryl/α,β-unsaturated/α-hetero) is 1. The lowest BCUT2D eigenvalue weighted by molar-refractivity contribution is -0.149. The molecule has 180 valence electrons. The summed E-state index contributed by atoms with van der Waals surface area (Å²) >= 11 is 1.66. The van der Waals surface area contributed by atoms with E-state index in [1.807, 2.05) is 54.8 Å². The first-order valence-corrected chi connectivity index (χ1v) is 12.4. The van der Waals surface area contributed by atoms with Crippen molar-refractivity contribution in [2.24, 2.45) is 5.92 Å². The van der Waals surface area contributed by atoms with Crippen molar-refractivity contribution in [2.75, 3.05) is 7.11 Å². The zero-order valence-electron chi connectivity index (χ0n) is 19.7. The van der Waals surface area contributed by atoms with Crippen LogP contribution in [0.25, 0.3) is 0 Å². The predicted molar refractivity (Wildman–Crippen MR) is 133 cm³/mol. The van der Waals surface area contributed by atoms with Crippen LogP contribution in [0.1, 0.15) is 46.6 Å². The van der Waals surface area contributed by atoms with E-state index in [0.717, 1.165) is 22.8 Å². The van der Waals surface area contributed by atoms with Gasteiger partial charge >= 0.3 is 5.97 Å². The van der Waals surface area contributed by atoms with Gasteiger partial charge in [0, 0.05) is 34.2 Å². The Hall–Kier alpha value is -3.58. The third-order valence-electron chi connectivity index (χ3n) is 6.65. The number of rotatable bonds is 6. The highest BCUT2D eigenvalue weighted by Crippen LogP contribution is 2.48. The Morgan fingerprint density at radius 3 is 2.63 bits per heavy atom. The second-order valence-corrected chi connectivity index (χ2v) is 9.93. The van der Waals surface area contributed by atoms with E-state index in [0.29, 0.717) is 29.9 Å². The van der Waals surface area contributed by atoms with Crippen LogP contribution in [0, 0.1) is 12.8 Å². The summed E-state index contributed by atoms with van der Waals surface area (Å²) in [5, 5.41) is 5.33. The number of ether oxygens (including phenoxy) is 2. The predicted octanol–water partition coefficient (Wildman–Crippen LogP) is 5.62. The summed E-state index contributed by atoms with van der Waals surface area (Å²) in [5.74, 6) is 0.359. The number of furan rings is 1. The molecule has 5 rings (SSSR count). The molecule has 0 fully saturated rings. The van der Waals surface area contributed by atoms with Gasteiger partial charge in [-0.25, -0.2) is 0 Å². The van der Waals surface area contributed by atoms with E-state index in [1.165, 1.54) is 4.88 Å². The Morgan fingerprint density at radius 1 is 1.17 bits per heavy atom. The fourth-order valence-corrected chi connectivity index (χ4v) is 5.78. The molecule has 3 unspecified atom stereocenters. The molecule has 1 aliphatic carbocycles. The number of hydrogen-bond acceptors (Lipinski definition) is 7. The Kier molecular flexibility index (Phi) is 6.34. The number of nitrogens with one attached hydrogen (secondary N) is 1. The number of carbonyl (C=O) groups excluding carboxylic acids is 2. The second kappa shape index (κ2) is 9.58. The molecule has 3 aromatic rings. The first-order chi connectivity index (χ1) is 16.9. The van der Waals surface area contributed by atoms with Gasteiger partial charge < -0.3 is 19.2 Å². The number of ketones is 1. The van der Waals surface area contributed by atoms with Crippen molar-refractivity contribution >= 4 is 23.1 Å². The highest BCUT2D eigenvalue weighted by molar-refractivity contribution is 7.10. The maximum absolute atomic E-state index is 13.5. The fourth-order valence-electron chi connectivity index (χ4n) is 4.95. The van der Waals surface area contributed by atoms with Crippen molar-refractivity contribution in [1.29, 1.82) is 0 Å². The molecule has 1 aromatic carbocycles. The van der Waals surface area contributed by atoms with Gasteiger partial charge in [-0.3, -0.25) is 9.59 Å². The number of aryl methyl sites for hydroxylation is 1. The first kappa shape index (κ1) is 23.2. The van der Waals surface area contributed by atoms with E-state index < -0.39 is 17.8 Å². The number of carbonyl (C=O) groups is 2. The number of benzene rings is 1. The van der Waals surface area contributed by atoms with Crippen LogP contribution < -0.4 is 10.1 Å². The molecule has 0 bridgehead atoms. The van der Waals surface area contributed by atoms with Crippen molar-refractivity contribution in [3.05, 3.63) is 99.4 Å². The molecule has 0 amide bonds. The molecule has 3 atom stereocenters. The van der Waals surface area contributed by atoms with Crippen molar-refractivity contribution in [3.63, 3.8) is 0 Å². The normalized spacial score (nSPS) is 21.9. The second-order valence-electron chi connectivity index (χ2n) is 8.95. The number of hydrogen-bond donors (Lipinski definition) is 1. The summed E-state index contributed by atoms with van der Waals surface area (Å²) in [7, 11) is 1.60. The number of allylic oxidation sites excluding steroid dienone is 2. The van der Waals surface area contributed by atoms with E-state index in [4.69, 9.17) is 13.9 Å². The van der Waals surface area contributed by atoms with E-state index in [-0.39, 0.29) is 18.3 Å². The SMILES string of the molecule is C=C1NC2=C(C(=O)CC(c3cccs3)C2)C(c2ccc(C)o2)C1C(=O)OCc1ccc(OC)cc1. The molecule has 1 aliphatic heterocycles. The minimum Gasteiger partial charge on any atom is -0.497 e. The van der Waals surface area contributed by atoms with Gasteiger partial charge in [0.05, 0.1) is 13.0 Å². The molecular weight excluding hydrogens is 462 g/mol. The van der Waals surface area contributed by atoms with Gasteiger partial charge in [-0.2, -0.15) is 0 Å². The van der Waals surface area contributed by atoms with Crippen molar-refractivity contribution < 1.29 is 23.5 Å². The zero-order chi connectivity index (χ0) is 24.5. The Bertz CT molecular complexity index is 1290. The van der Waals surface area contributed by atoms with Crippen LogP contribution in [0.5, 0.6) is 5.75 Å². The summed E-state index contributed by atoms with van der Waals surface area (Å²) in [6.07, 6.45) is 1.09. The van der Waals surface area contributed by atoms with E-state index in [2.05, 4.69) is 18.0 Å². The van der Waals surface area contributed by atoms with Crippen molar-refractivity contribution in [2.45, 2.75) is 38.2 Å². The summed E-state index contributed by atoms with van der Waals surface area (Å²) in [4.78, 5) is 28.1. The van der Waals surface area contributed by atoms with E-state index in [9.17, 15) is 9.59 Å². The molecule has 7 heteroatoms. The minimum absolute atomic E-state index is 0.0247. The van der Waals surface area contributed by atoms with Gasteiger partial charge in [0.2, 0.25) is 0 Å². The minimum atomic E-state index is -0.778. The Morgan fingerprint density at radius 2 is 1.97 bits per heavy atom. The van der Waals surface area contributed by atoms with Gasteiger partial charge in [0.1, 0.15) is 29.8 Å². The molecule has 0 saturated heterocycles.